The van der Waals surface area contributed by atoms with Gasteiger partial charge in [-0.1, -0.05) is 6.07 Å². The van der Waals surface area contributed by atoms with Crippen molar-refractivity contribution in [3.05, 3.63) is 34.5 Å². The molecule has 0 fully saturated rings. The smallest absolute Gasteiger partial charge is 0.151 e. The second-order valence-corrected chi connectivity index (χ2v) is 4.75. The van der Waals surface area contributed by atoms with Crippen molar-refractivity contribution in [2.24, 2.45) is 7.05 Å². The molecule has 0 aromatic carbocycles. The van der Waals surface area contributed by atoms with Gasteiger partial charge in [-0.25, -0.2) is 4.98 Å². The van der Waals surface area contributed by atoms with E-state index >= 15 is 0 Å². The molecule has 0 aliphatic carbocycles. The molecule has 0 aliphatic heterocycles. The molecule has 4 nitrogen and oxygen atoms in total. The highest BCUT2D eigenvalue weighted by Gasteiger charge is 2.05. The summed E-state index contributed by atoms with van der Waals surface area (Å²) in [5, 5.41) is 9.81. The molecular weight excluding hydrogens is 220 g/mol. The highest BCUT2D eigenvalue weighted by molar-refractivity contribution is 7.10. The Hall–Kier alpha value is -1.20. The van der Waals surface area contributed by atoms with Gasteiger partial charge in [0.25, 0.3) is 0 Å². The highest BCUT2D eigenvalue weighted by Crippen LogP contribution is 2.17. The van der Waals surface area contributed by atoms with Gasteiger partial charge in [0, 0.05) is 30.9 Å². The molecule has 0 radical (unpaired) electrons. The second kappa shape index (κ2) is 5.23. The zero-order valence-electron chi connectivity index (χ0n) is 9.55. The number of aryl methyl sites for hydroxylation is 1. The van der Waals surface area contributed by atoms with E-state index in [0.717, 1.165) is 18.8 Å². The average molecular weight is 236 g/mol. The van der Waals surface area contributed by atoms with E-state index in [-0.39, 0.29) is 0 Å². The minimum Gasteiger partial charge on any atom is -0.309 e. The Morgan fingerprint density at radius 1 is 1.56 bits per heavy atom. The van der Waals surface area contributed by atoms with Gasteiger partial charge >= 0.3 is 0 Å². The minimum absolute atomic E-state index is 0.406. The molecule has 2 heterocycles. The molecule has 16 heavy (non-hydrogen) atoms. The Balaban J connectivity index is 1.76. The summed E-state index contributed by atoms with van der Waals surface area (Å²) >= 11 is 1.78. The van der Waals surface area contributed by atoms with Crippen LogP contribution in [0.1, 0.15) is 23.7 Å². The van der Waals surface area contributed by atoms with Crippen LogP contribution < -0.4 is 5.32 Å². The number of nitrogens with zero attached hydrogens (tertiary/aromatic N) is 3. The van der Waals surface area contributed by atoms with Gasteiger partial charge in [0.2, 0.25) is 0 Å². The zero-order valence-corrected chi connectivity index (χ0v) is 10.4. The number of nitrogens with one attached hydrogen (secondary N) is 1. The SMILES string of the molecule is CC(NCCc1ncn(C)n1)c1cccs1. The predicted molar refractivity (Wildman–Crippen MR) is 65.4 cm³/mol. The summed E-state index contributed by atoms with van der Waals surface area (Å²) in [5.74, 6) is 0.897. The first-order valence-corrected chi connectivity index (χ1v) is 6.25. The summed E-state index contributed by atoms with van der Waals surface area (Å²) in [5.41, 5.74) is 0. The molecule has 2 aromatic heterocycles. The minimum atomic E-state index is 0.406. The van der Waals surface area contributed by atoms with Gasteiger partial charge in [0.05, 0.1) is 0 Å². The first kappa shape index (κ1) is 11.3. The summed E-state index contributed by atoms with van der Waals surface area (Å²) < 4.78 is 1.73. The molecule has 0 spiro atoms. The molecule has 0 amide bonds. The third kappa shape index (κ3) is 2.90. The van der Waals surface area contributed by atoms with Crippen LogP contribution in [0.3, 0.4) is 0 Å². The van der Waals surface area contributed by atoms with Crippen LogP contribution in [0.4, 0.5) is 0 Å². The Labute approximate surface area is 99.3 Å². The summed E-state index contributed by atoms with van der Waals surface area (Å²) in [6.45, 7) is 3.08. The summed E-state index contributed by atoms with van der Waals surface area (Å²) in [7, 11) is 1.89. The van der Waals surface area contributed by atoms with Gasteiger partial charge in [-0.2, -0.15) is 5.10 Å². The normalized spacial score (nSPS) is 12.9. The lowest BCUT2D eigenvalue weighted by Crippen LogP contribution is -2.21. The fourth-order valence-corrected chi connectivity index (χ4v) is 2.30. The van der Waals surface area contributed by atoms with E-state index in [4.69, 9.17) is 0 Å². The van der Waals surface area contributed by atoms with E-state index in [0.29, 0.717) is 6.04 Å². The van der Waals surface area contributed by atoms with Crippen LogP contribution in [-0.2, 0) is 13.5 Å². The summed E-state index contributed by atoms with van der Waals surface area (Å²) in [4.78, 5) is 5.56. The first-order valence-electron chi connectivity index (χ1n) is 5.37. The van der Waals surface area contributed by atoms with E-state index < -0.39 is 0 Å². The second-order valence-electron chi connectivity index (χ2n) is 3.78. The van der Waals surface area contributed by atoms with Crippen molar-refractivity contribution >= 4 is 11.3 Å². The van der Waals surface area contributed by atoms with Crippen molar-refractivity contribution in [2.45, 2.75) is 19.4 Å². The number of hydrogen-bond donors (Lipinski definition) is 1. The predicted octanol–water partition coefficient (Wildman–Crippen LogP) is 1.77. The number of rotatable bonds is 5. The van der Waals surface area contributed by atoms with E-state index in [1.807, 2.05) is 7.05 Å². The van der Waals surface area contributed by atoms with Crippen molar-refractivity contribution in [1.82, 2.24) is 20.1 Å². The fraction of sp³-hybridized carbons (Fsp3) is 0.455. The topological polar surface area (TPSA) is 42.7 Å². The van der Waals surface area contributed by atoms with Crippen molar-refractivity contribution in [2.75, 3.05) is 6.54 Å². The van der Waals surface area contributed by atoms with Crippen LogP contribution >= 0.6 is 11.3 Å². The van der Waals surface area contributed by atoms with Gasteiger partial charge in [-0.15, -0.1) is 11.3 Å². The van der Waals surface area contributed by atoms with Gasteiger partial charge in [0.1, 0.15) is 6.33 Å². The number of hydrogen-bond acceptors (Lipinski definition) is 4. The van der Waals surface area contributed by atoms with Gasteiger partial charge < -0.3 is 5.32 Å². The standard InChI is InChI=1S/C11H16N4S/c1-9(10-4-3-7-16-10)12-6-5-11-13-8-15(2)14-11/h3-4,7-9,12H,5-6H2,1-2H3. The molecular formula is C11H16N4S. The zero-order chi connectivity index (χ0) is 11.4. The molecule has 0 aliphatic rings. The summed E-state index contributed by atoms with van der Waals surface area (Å²) in [6, 6.07) is 4.64. The molecule has 1 N–H and O–H groups in total. The molecule has 0 saturated carbocycles. The third-order valence-corrected chi connectivity index (χ3v) is 3.47. The largest absolute Gasteiger partial charge is 0.309 e. The monoisotopic (exact) mass is 236 g/mol. The Morgan fingerprint density at radius 3 is 3.06 bits per heavy atom. The first-order chi connectivity index (χ1) is 7.75. The van der Waals surface area contributed by atoms with Crippen LogP contribution in [0.15, 0.2) is 23.8 Å². The lowest BCUT2D eigenvalue weighted by molar-refractivity contribution is 0.575. The Morgan fingerprint density at radius 2 is 2.44 bits per heavy atom. The number of thiophene rings is 1. The maximum absolute atomic E-state index is 4.24. The maximum Gasteiger partial charge on any atom is 0.151 e. The molecule has 1 unspecified atom stereocenters. The van der Waals surface area contributed by atoms with Gasteiger partial charge in [-0.05, 0) is 18.4 Å². The Bertz CT molecular complexity index is 421. The molecule has 2 aromatic rings. The number of aromatic nitrogens is 3. The molecule has 5 heteroatoms. The Kier molecular flexibility index (Phi) is 3.69. The quantitative estimate of drug-likeness (QED) is 0.860. The lowest BCUT2D eigenvalue weighted by Gasteiger charge is -2.10. The summed E-state index contributed by atoms with van der Waals surface area (Å²) in [6.07, 6.45) is 2.61. The molecule has 1 atom stereocenters. The third-order valence-electron chi connectivity index (χ3n) is 2.42. The van der Waals surface area contributed by atoms with Crippen LogP contribution in [0.25, 0.3) is 0 Å². The average Bonchev–Trinajstić information content (AvgIpc) is 2.89. The fourth-order valence-electron chi connectivity index (χ4n) is 1.54. The lowest BCUT2D eigenvalue weighted by atomic mass is 10.2. The van der Waals surface area contributed by atoms with E-state index in [9.17, 15) is 0 Å². The maximum atomic E-state index is 4.24. The van der Waals surface area contributed by atoms with E-state index in [1.54, 1.807) is 22.3 Å². The van der Waals surface area contributed by atoms with Crippen LogP contribution in [0.5, 0.6) is 0 Å². The van der Waals surface area contributed by atoms with Crippen molar-refractivity contribution < 1.29 is 0 Å². The van der Waals surface area contributed by atoms with E-state index in [2.05, 4.69) is 39.8 Å². The highest BCUT2D eigenvalue weighted by atomic mass is 32.1. The molecule has 0 bridgehead atoms. The van der Waals surface area contributed by atoms with Crippen molar-refractivity contribution in [3.63, 3.8) is 0 Å². The van der Waals surface area contributed by atoms with Crippen LogP contribution in [-0.4, -0.2) is 21.3 Å². The van der Waals surface area contributed by atoms with Crippen molar-refractivity contribution in [3.8, 4) is 0 Å². The van der Waals surface area contributed by atoms with Crippen molar-refractivity contribution in [1.29, 1.82) is 0 Å². The van der Waals surface area contributed by atoms with Gasteiger partial charge in [0.15, 0.2) is 5.82 Å². The molecule has 86 valence electrons. The van der Waals surface area contributed by atoms with E-state index in [1.165, 1.54) is 4.88 Å². The van der Waals surface area contributed by atoms with Crippen LogP contribution in [0, 0.1) is 0 Å². The molecule has 0 saturated heterocycles. The van der Waals surface area contributed by atoms with Crippen LogP contribution in [0.2, 0.25) is 0 Å². The van der Waals surface area contributed by atoms with Gasteiger partial charge in [-0.3, -0.25) is 4.68 Å². The molecule has 2 rings (SSSR count).